The maximum Gasteiger partial charge on any atom is 0.305 e. The number of imide groups is 1. The summed E-state index contributed by atoms with van der Waals surface area (Å²) in [6.07, 6.45) is 0.837. The van der Waals surface area contributed by atoms with E-state index in [2.05, 4.69) is 0 Å². The third-order valence-corrected chi connectivity index (χ3v) is 6.53. The number of carbonyl (C=O) groups excluding carboxylic acids is 4. The molecule has 3 aliphatic rings. The van der Waals surface area contributed by atoms with E-state index in [9.17, 15) is 29.3 Å². The van der Waals surface area contributed by atoms with Crippen LogP contribution in [0, 0.1) is 22.0 Å². The molecule has 0 unspecified atom stereocenters. The summed E-state index contributed by atoms with van der Waals surface area (Å²) in [4.78, 5) is 61.8. The highest BCUT2D eigenvalue weighted by molar-refractivity contribution is 6.23. The fourth-order valence-corrected chi connectivity index (χ4v) is 5.05. The Labute approximate surface area is 204 Å². The zero-order valence-corrected chi connectivity index (χ0v) is 19.2. The fraction of sp³-hybridized carbons (Fsp3) is 0.280. The van der Waals surface area contributed by atoms with Gasteiger partial charge >= 0.3 is 11.9 Å². The first-order valence-corrected chi connectivity index (χ1v) is 11.1. The van der Waals surface area contributed by atoms with Crippen molar-refractivity contribution in [2.45, 2.75) is 31.8 Å². The van der Waals surface area contributed by atoms with Crippen LogP contribution in [0.15, 0.2) is 60.7 Å². The molecule has 0 aromatic heterocycles. The molecule has 2 amide bonds. The molecule has 4 atom stereocenters. The lowest BCUT2D eigenvalue weighted by atomic mass is 9.76. The van der Waals surface area contributed by atoms with Gasteiger partial charge in [-0.05, 0) is 41.5 Å². The van der Waals surface area contributed by atoms with Crippen molar-refractivity contribution in [2.75, 3.05) is 4.90 Å². The predicted molar refractivity (Wildman–Crippen MR) is 122 cm³/mol. The smallest absolute Gasteiger partial charge is 0.305 e. The van der Waals surface area contributed by atoms with Gasteiger partial charge in [0.05, 0.1) is 28.6 Å². The highest BCUT2D eigenvalue weighted by Gasteiger charge is 2.72. The molecule has 0 N–H and O–H groups in total. The van der Waals surface area contributed by atoms with Gasteiger partial charge in [0.15, 0.2) is 5.60 Å². The van der Waals surface area contributed by atoms with Gasteiger partial charge in [-0.2, -0.15) is 0 Å². The van der Waals surface area contributed by atoms with E-state index in [1.54, 1.807) is 42.5 Å². The number of nitro groups is 1. The average molecular weight is 492 g/mol. The van der Waals surface area contributed by atoms with Gasteiger partial charge in [0.25, 0.3) is 12.0 Å². The lowest BCUT2D eigenvalue weighted by Gasteiger charge is -2.34. The summed E-state index contributed by atoms with van der Waals surface area (Å²) in [5.41, 5.74) is 0.140. The summed E-state index contributed by atoms with van der Waals surface area (Å²) < 4.78 is 16.3. The van der Waals surface area contributed by atoms with Crippen molar-refractivity contribution >= 4 is 35.1 Å². The van der Waals surface area contributed by atoms with E-state index in [1.165, 1.54) is 18.2 Å². The molecule has 184 valence electrons. The van der Waals surface area contributed by atoms with Gasteiger partial charge in [-0.1, -0.05) is 18.2 Å². The van der Waals surface area contributed by atoms with E-state index in [1.807, 2.05) is 0 Å². The minimum Gasteiger partial charge on any atom is -0.422 e. The molecule has 2 saturated heterocycles. The summed E-state index contributed by atoms with van der Waals surface area (Å²) in [7, 11) is 0. The summed E-state index contributed by atoms with van der Waals surface area (Å²) in [5, 5.41) is 10.9. The van der Waals surface area contributed by atoms with Crippen molar-refractivity contribution in [3.63, 3.8) is 0 Å². The molecule has 2 bridgehead atoms. The lowest BCUT2D eigenvalue weighted by Crippen LogP contribution is -2.52. The minimum absolute atomic E-state index is 0.0321. The summed E-state index contributed by atoms with van der Waals surface area (Å²) in [6, 6.07) is 12.6. The monoisotopic (exact) mass is 492 g/mol. The van der Waals surface area contributed by atoms with Crippen molar-refractivity contribution in [1.82, 2.24) is 0 Å². The van der Waals surface area contributed by atoms with Gasteiger partial charge in [0.2, 0.25) is 11.8 Å². The van der Waals surface area contributed by atoms with E-state index in [4.69, 9.17) is 14.2 Å². The van der Waals surface area contributed by atoms with Crippen molar-refractivity contribution in [2.24, 2.45) is 11.8 Å². The third kappa shape index (κ3) is 3.55. The van der Waals surface area contributed by atoms with E-state index in [0.29, 0.717) is 5.69 Å². The fourth-order valence-electron chi connectivity index (χ4n) is 5.05. The van der Waals surface area contributed by atoms with E-state index in [-0.39, 0.29) is 5.69 Å². The normalized spacial score (nSPS) is 25.9. The Kier molecular flexibility index (Phi) is 5.44. The zero-order chi connectivity index (χ0) is 25.8. The van der Waals surface area contributed by atoms with Crippen LogP contribution >= 0.6 is 0 Å². The number of esters is 2. The number of anilines is 1. The number of hydrogen-bond acceptors (Lipinski definition) is 9. The molecular weight excluding hydrogens is 472 g/mol. The highest BCUT2D eigenvalue weighted by Crippen LogP contribution is 2.54. The number of non-ortho nitro benzene ring substituents is 1. The van der Waals surface area contributed by atoms with Gasteiger partial charge < -0.3 is 14.2 Å². The molecule has 3 heterocycles. The molecule has 3 aliphatic heterocycles. The Bertz CT molecular complexity index is 1300. The maximum absolute atomic E-state index is 13.6. The number of carbonyl (C=O) groups is 4. The summed E-state index contributed by atoms with van der Waals surface area (Å²) in [6.45, 7) is 2.27. The van der Waals surface area contributed by atoms with Crippen LogP contribution in [0.2, 0.25) is 0 Å². The largest absolute Gasteiger partial charge is 0.422 e. The maximum atomic E-state index is 13.6. The molecule has 2 aromatic carbocycles. The van der Waals surface area contributed by atoms with Gasteiger partial charge in [0, 0.05) is 26.0 Å². The van der Waals surface area contributed by atoms with Crippen molar-refractivity contribution < 1.29 is 38.3 Å². The van der Waals surface area contributed by atoms with Crippen LogP contribution in [0.5, 0.6) is 0 Å². The van der Waals surface area contributed by atoms with Crippen LogP contribution in [0.3, 0.4) is 0 Å². The third-order valence-electron chi connectivity index (χ3n) is 6.53. The molecule has 2 aromatic rings. The standard InChI is InChI=1S/C25H20N2O9/c1-13(28)34-24(35-14(2)29)25-12-11-19(36-25)20-21(25)23(31)26(22(20)30)17-7-3-15(4-8-17)16-5-9-18(10-6-16)27(32)33/h3-12,19-21,24H,1-2H3/t19-,20+,21+,25+/m1/s1. The number of hydrogen-bond donors (Lipinski definition) is 0. The molecule has 0 saturated carbocycles. The molecule has 2 fully saturated rings. The summed E-state index contributed by atoms with van der Waals surface area (Å²) >= 11 is 0. The van der Waals surface area contributed by atoms with Crippen LogP contribution in [0.1, 0.15) is 13.8 Å². The van der Waals surface area contributed by atoms with E-state index >= 15 is 0 Å². The van der Waals surface area contributed by atoms with Crippen molar-refractivity contribution in [3.8, 4) is 11.1 Å². The predicted octanol–water partition coefficient (Wildman–Crippen LogP) is 2.53. The molecule has 0 spiro atoms. The molecule has 36 heavy (non-hydrogen) atoms. The lowest BCUT2D eigenvalue weighted by molar-refractivity contribution is -0.384. The average Bonchev–Trinajstić information content (AvgIpc) is 3.49. The Hall–Kier alpha value is -4.38. The Morgan fingerprint density at radius 1 is 0.972 bits per heavy atom. The second kappa shape index (κ2) is 8.38. The number of fused-ring (bicyclic) bond motifs is 5. The first kappa shape index (κ1) is 23.4. The SMILES string of the molecule is CC(=O)OC(OC(C)=O)[C@@]12C=C[C@@H](O1)[C@@H]1C(=O)N(c3ccc(-c4ccc([N+](=O)[O-])cc4)cc3)C(=O)[C@H]12. The molecule has 11 nitrogen and oxygen atoms in total. The number of benzene rings is 2. The zero-order valence-electron chi connectivity index (χ0n) is 19.2. The number of ether oxygens (including phenoxy) is 3. The second-order valence-electron chi connectivity index (χ2n) is 8.71. The topological polar surface area (TPSA) is 142 Å². The number of nitrogens with zero attached hydrogens (tertiary/aromatic N) is 2. The summed E-state index contributed by atoms with van der Waals surface area (Å²) in [5.74, 6) is -4.45. The van der Waals surface area contributed by atoms with E-state index < -0.39 is 58.5 Å². The molecule has 0 aliphatic carbocycles. The van der Waals surface area contributed by atoms with Crippen LogP contribution in [-0.2, 0) is 33.4 Å². The van der Waals surface area contributed by atoms with Crippen LogP contribution in [-0.4, -0.2) is 46.7 Å². The molecule has 0 radical (unpaired) electrons. The quantitative estimate of drug-likeness (QED) is 0.148. The Balaban J connectivity index is 1.44. The second-order valence-corrected chi connectivity index (χ2v) is 8.71. The Morgan fingerprint density at radius 2 is 1.53 bits per heavy atom. The number of rotatable bonds is 6. The van der Waals surface area contributed by atoms with Gasteiger partial charge in [0.1, 0.15) is 0 Å². The van der Waals surface area contributed by atoms with Crippen LogP contribution < -0.4 is 4.90 Å². The van der Waals surface area contributed by atoms with E-state index in [0.717, 1.165) is 29.9 Å². The molecular formula is C25H20N2O9. The molecule has 5 rings (SSSR count). The van der Waals surface area contributed by atoms with Crippen molar-refractivity contribution in [3.05, 3.63) is 70.8 Å². The Morgan fingerprint density at radius 3 is 2.06 bits per heavy atom. The van der Waals surface area contributed by atoms with Crippen LogP contribution in [0.25, 0.3) is 11.1 Å². The first-order valence-electron chi connectivity index (χ1n) is 11.1. The number of amides is 2. The minimum atomic E-state index is -1.62. The van der Waals surface area contributed by atoms with Crippen molar-refractivity contribution in [1.29, 1.82) is 0 Å². The first-order chi connectivity index (χ1) is 17.1. The number of nitro benzene ring substituents is 1. The van der Waals surface area contributed by atoms with Crippen LogP contribution in [0.4, 0.5) is 11.4 Å². The van der Waals surface area contributed by atoms with Gasteiger partial charge in [-0.3, -0.25) is 29.3 Å². The van der Waals surface area contributed by atoms with Gasteiger partial charge in [-0.25, -0.2) is 4.90 Å². The highest BCUT2D eigenvalue weighted by atomic mass is 16.7. The molecule has 11 heteroatoms. The van der Waals surface area contributed by atoms with Gasteiger partial charge in [-0.15, -0.1) is 0 Å².